The minimum absolute atomic E-state index is 0.0890. The average molecular weight is 575 g/mol. The Bertz CT molecular complexity index is 1450. The monoisotopic (exact) mass is 574 g/mol. The SMILES string of the molecule is C=C1[C@H](O)CC[C@H]2[C@@]1(C)[C@@H](OC(=O)c1cccnc1)[C@H](OC(=O)c1cccnc1)[C@](C)(O)[C@]2(C)/C=C/C1=CC(=O)OC1. The minimum atomic E-state index is -1.82. The number of hydrogen-bond donors (Lipinski definition) is 2. The van der Waals surface area contributed by atoms with Crippen molar-refractivity contribution in [3.63, 3.8) is 0 Å². The summed E-state index contributed by atoms with van der Waals surface area (Å²) < 4.78 is 17.2. The van der Waals surface area contributed by atoms with Gasteiger partial charge in [-0.25, -0.2) is 14.4 Å². The summed E-state index contributed by atoms with van der Waals surface area (Å²) in [6.07, 6.45) is 7.84. The number of esters is 3. The van der Waals surface area contributed by atoms with Gasteiger partial charge in [0.1, 0.15) is 12.2 Å². The van der Waals surface area contributed by atoms with E-state index in [1.54, 1.807) is 37.3 Å². The highest BCUT2D eigenvalue weighted by Crippen LogP contribution is 2.64. The highest BCUT2D eigenvalue weighted by atomic mass is 16.6. The van der Waals surface area contributed by atoms with Crippen molar-refractivity contribution in [1.82, 2.24) is 9.97 Å². The molecule has 10 heteroatoms. The second kappa shape index (κ2) is 10.9. The van der Waals surface area contributed by atoms with Crippen LogP contribution in [0.1, 0.15) is 54.3 Å². The van der Waals surface area contributed by atoms with Crippen LogP contribution in [0.2, 0.25) is 0 Å². The lowest BCUT2D eigenvalue weighted by molar-refractivity contribution is -0.256. The van der Waals surface area contributed by atoms with E-state index in [0.717, 1.165) is 0 Å². The molecule has 2 saturated carbocycles. The normalized spacial score (nSPS) is 34.4. The molecule has 2 aromatic rings. The van der Waals surface area contributed by atoms with E-state index in [4.69, 9.17) is 14.2 Å². The predicted molar refractivity (Wildman–Crippen MR) is 150 cm³/mol. The van der Waals surface area contributed by atoms with Crippen molar-refractivity contribution in [2.45, 2.75) is 57.5 Å². The summed E-state index contributed by atoms with van der Waals surface area (Å²) in [4.78, 5) is 46.6. The standard InChI is InChI=1S/C32H34N2O8/c1-19-23(35)9-10-24-30(2,12-11-20-15-25(36)40-18-20)32(4,39)27(42-29(38)22-8-6-14-34-17-22)26(31(19,24)3)41-28(37)21-7-5-13-33-16-21/h5-8,11-17,23-24,26-27,35,39H,1,9-10,18H2,2-4H3/b12-11+/t23-,24-,26+,27+,30-,31+,32+/m1/s1. The zero-order valence-electron chi connectivity index (χ0n) is 23.7. The van der Waals surface area contributed by atoms with E-state index in [2.05, 4.69) is 16.5 Å². The number of hydrogen-bond acceptors (Lipinski definition) is 10. The van der Waals surface area contributed by atoms with Crippen molar-refractivity contribution in [2.24, 2.45) is 16.7 Å². The number of aliphatic hydroxyl groups is 2. The third-order valence-electron chi connectivity index (χ3n) is 9.37. The van der Waals surface area contributed by atoms with Crippen molar-refractivity contribution in [1.29, 1.82) is 0 Å². The Labute approximate surface area is 243 Å². The topological polar surface area (TPSA) is 145 Å². The maximum atomic E-state index is 13.5. The summed E-state index contributed by atoms with van der Waals surface area (Å²) in [6, 6.07) is 6.25. The second-order valence-corrected chi connectivity index (χ2v) is 11.7. The highest BCUT2D eigenvalue weighted by Gasteiger charge is 2.71. The first-order chi connectivity index (χ1) is 19.9. The van der Waals surface area contributed by atoms with Crippen LogP contribution in [0.3, 0.4) is 0 Å². The van der Waals surface area contributed by atoms with E-state index in [0.29, 0.717) is 24.0 Å². The molecule has 2 aromatic heterocycles. The Morgan fingerprint density at radius 2 is 1.62 bits per heavy atom. The summed E-state index contributed by atoms with van der Waals surface area (Å²) in [6.45, 7) is 9.51. The van der Waals surface area contributed by atoms with Gasteiger partial charge in [0, 0.05) is 41.7 Å². The van der Waals surface area contributed by atoms with Gasteiger partial charge >= 0.3 is 17.9 Å². The molecule has 0 aromatic carbocycles. The number of rotatable bonds is 6. The number of carbonyl (C=O) groups is 3. The molecule has 0 spiro atoms. The van der Waals surface area contributed by atoms with Crippen molar-refractivity contribution in [2.75, 3.05) is 6.61 Å². The fourth-order valence-corrected chi connectivity index (χ4v) is 6.70. The largest absolute Gasteiger partial charge is 0.458 e. The first-order valence-electron chi connectivity index (χ1n) is 13.8. The Morgan fingerprint density at radius 1 is 1.02 bits per heavy atom. The van der Waals surface area contributed by atoms with Gasteiger partial charge in [0.2, 0.25) is 0 Å². The third-order valence-corrected chi connectivity index (χ3v) is 9.37. The molecule has 0 unspecified atom stereocenters. The molecule has 3 heterocycles. The fourth-order valence-electron chi connectivity index (χ4n) is 6.70. The molecule has 7 atom stereocenters. The third kappa shape index (κ3) is 4.84. The van der Waals surface area contributed by atoms with Gasteiger partial charge in [-0.2, -0.15) is 0 Å². The van der Waals surface area contributed by atoms with Crippen molar-refractivity contribution >= 4 is 17.9 Å². The number of aliphatic hydroxyl groups excluding tert-OH is 1. The summed E-state index contributed by atoms with van der Waals surface area (Å²) in [7, 11) is 0. The highest BCUT2D eigenvalue weighted by molar-refractivity contribution is 5.90. The fraction of sp³-hybridized carbons (Fsp3) is 0.406. The Balaban J connectivity index is 1.66. The van der Waals surface area contributed by atoms with Gasteiger partial charge in [-0.15, -0.1) is 0 Å². The van der Waals surface area contributed by atoms with Crippen LogP contribution in [0.25, 0.3) is 0 Å². The smallest absolute Gasteiger partial charge is 0.340 e. The van der Waals surface area contributed by atoms with Crippen LogP contribution >= 0.6 is 0 Å². The van der Waals surface area contributed by atoms with Crippen molar-refractivity contribution in [3.8, 4) is 0 Å². The van der Waals surface area contributed by atoms with Crippen LogP contribution in [-0.4, -0.2) is 68.6 Å². The molecule has 0 bridgehead atoms. The number of carbonyl (C=O) groups excluding carboxylic acids is 3. The first-order valence-corrected chi connectivity index (χ1v) is 13.8. The lowest BCUT2D eigenvalue weighted by atomic mass is 9.43. The zero-order valence-corrected chi connectivity index (χ0v) is 23.7. The molecule has 3 aliphatic rings. The Hall–Kier alpha value is -4.15. The lowest BCUT2D eigenvalue weighted by Gasteiger charge is -2.65. The van der Waals surface area contributed by atoms with E-state index in [1.165, 1.54) is 36.9 Å². The van der Waals surface area contributed by atoms with E-state index in [-0.39, 0.29) is 17.7 Å². The van der Waals surface area contributed by atoms with Crippen LogP contribution in [0.5, 0.6) is 0 Å². The number of ether oxygens (including phenoxy) is 3. The molecule has 220 valence electrons. The zero-order chi connectivity index (χ0) is 30.3. The second-order valence-electron chi connectivity index (χ2n) is 11.7. The molecule has 42 heavy (non-hydrogen) atoms. The van der Waals surface area contributed by atoms with Gasteiger partial charge in [-0.3, -0.25) is 9.97 Å². The van der Waals surface area contributed by atoms with E-state index < -0.39 is 58.6 Å². The first kappa shape index (κ1) is 29.3. The van der Waals surface area contributed by atoms with Gasteiger partial charge < -0.3 is 24.4 Å². The lowest BCUT2D eigenvalue weighted by Crippen LogP contribution is -2.73. The Morgan fingerprint density at radius 3 is 2.14 bits per heavy atom. The molecule has 5 rings (SSSR count). The minimum Gasteiger partial charge on any atom is -0.458 e. The molecular weight excluding hydrogens is 540 g/mol. The van der Waals surface area contributed by atoms with Crippen LogP contribution < -0.4 is 0 Å². The molecule has 0 amide bonds. The van der Waals surface area contributed by atoms with Crippen LogP contribution in [0, 0.1) is 16.7 Å². The average Bonchev–Trinajstić information content (AvgIpc) is 3.41. The molecule has 0 radical (unpaired) electrons. The van der Waals surface area contributed by atoms with Crippen LogP contribution in [-0.2, 0) is 19.0 Å². The number of pyridine rings is 2. The van der Waals surface area contributed by atoms with Gasteiger partial charge in [0.25, 0.3) is 0 Å². The molecule has 10 nitrogen and oxygen atoms in total. The molecular formula is C32H34N2O8. The summed E-state index contributed by atoms with van der Waals surface area (Å²) in [5, 5.41) is 23.5. The maximum absolute atomic E-state index is 13.5. The van der Waals surface area contributed by atoms with E-state index in [1.807, 2.05) is 13.8 Å². The van der Waals surface area contributed by atoms with Crippen LogP contribution in [0.15, 0.2) is 85.0 Å². The number of fused-ring (bicyclic) bond motifs is 1. The van der Waals surface area contributed by atoms with Crippen molar-refractivity contribution in [3.05, 3.63) is 96.1 Å². The Kier molecular flexibility index (Phi) is 7.63. The number of nitrogens with zero attached hydrogens (tertiary/aromatic N) is 2. The summed E-state index contributed by atoms with van der Waals surface area (Å²) in [5.41, 5.74) is -2.78. The summed E-state index contributed by atoms with van der Waals surface area (Å²) in [5.74, 6) is -2.40. The summed E-state index contributed by atoms with van der Waals surface area (Å²) >= 11 is 0. The maximum Gasteiger partial charge on any atom is 0.340 e. The van der Waals surface area contributed by atoms with E-state index >= 15 is 0 Å². The quantitative estimate of drug-likeness (QED) is 0.299. The van der Waals surface area contributed by atoms with Gasteiger partial charge in [0.05, 0.1) is 17.2 Å². The van der Waals surface area contributed by atoms with Crippen molar-refractivity contribution < 1.29 is 38.8 Å². The number of cyclic esters (lactones) is 1. The number of aromatic nitrogens is 2. The van der Waals surface area contributed by atoms with Crippen LogP contribution in [0.4, 0.5) is 0 Å². The molecule has 2 aliphatic carbocycles. The van der Waals surface area contributed by atoms with Gasteiger partial charge in [-0.05, 0) is 61.1 Å². The van der Waals surface area contributed by atoms with Gasteiger partial charge in [0.15, 0.2) is 12.2 Å². The molecule has 1 aliphatic heterocycles. The predicted octanol–water partition coefficient (Wildman–Crippen LogP) is 3.37. The molecule has 0 saturated heterocycles. The van der Waals surface area contributed by atoms with E-state index in [9.17, 15) is 24.6 Å². The molecule has 2 fully saturated rings. The van der Waals surface area contributed by atoms with Gasteiger partial charge in [-0.1, -0.05) is 32.6 Å². The molecule has 2 N–H and O–H groups in total.